The third kappa shape index (κ3) is 3.12. The van der Waals surface area contributed by atoms with Crippen LogP contribution in [0.3, 0.4) is 0 Å². The predicted molar refractivity (Wildman–Crippen MR) is 54.1 cm³/mol. The summed E-state index contributed by atoms with van der Waals surface area (Å²) in [4.78, 5) is 26.5. The van der Waals surface area contributed by atoms with E-state index in [4.69, 9.17) is 0 Å². The highest BCUT2D eigenvalue weighted by Gasteiger charge is 2.18. The number of likely N-dealkylation sites (N-methyl/N-ethyl adjacent to an activating group) is 1. The number of H-pyrrole nitrogens is 1. The van der Waals surface area contributed by atoms with Gasteiger partial charge in [0, 0.05) is 31.9 Å². The lowest BCUT2D eigenvalue weighted by Crippen LogP contribution is -2.35. The number of hydrogen-bond acceptors (Lipinski definition) is 3. The smallest absolute Gasteiger partial charge is 0.396 e. The van der Waals surface area contributed by atoms with Crippen molar-refractivity contribution in [2.75, 3.05) is 20.7 Å². The first kappa shape index (κ1) is 11.3. The van der Waals surface area contributed by atoms with E-state index in [0.717, 1.165) is 5.69 Å². The number of esters is 1. The number of methoxy groups -OCH3 is 1. The average molecular weight is 210 g/mol. The molecule has 1 amide bonds. The Hall–Kier alpha value is -1.78. The number of nitrogens with one attached hydrogen (secondary N) is 1. The third-order valence-corrected chi connectivity index (χ3v) is 2.09. The molecule has 0 bridgehead atoms. The summed E-state index contributed by atoms with van der Waals surface area (Å²) in [6, 6.07) is 3.81. The zero-order chi connectivity index (χ0) is 11.3. The number of carbonyl (C=O) groups excluding carboxylic acids is 2. The van der Waals surface area contributed by atoms with Crippen molar-refractivity contribution in [3.63, 3.8) is 0 Å². The van der Waals surface area contributed by atoms with Crippen LogP contribution in [0.25, 0.3) is 0 Å². The van der Waals surface area contributed by atoms with Gasteiger partial charge >= 0.3 is 11.9 Å². The topological polar surface area (TPSA) is 62.4 Å². The molecule has 0 radical (unpaired) electrons. The van der Waals surface area contributed by atoms with Crippen LogP contribution >= 0.6 is 0 Å². The van der Waals surface area contributed by atoms with E-state index in [0.29, 0.717) is 13.0 Å². The molecule has 0 saturated carbocycles. The molecule has 1 rings (SSSR count). The Morgan fingerprint density at radius 1 is 1.53 bits per heavy atom. The highest BCUT2D eigenvalue weighted by atomic mass is 16.5. The van der Waals surface area contributed by atoms with Crippen molar-refractivity contribution in [2.45, 2.75) is 6.42 Å². The SMILES string of the molecule is COC(=O)C(=O)N(C)CCc1ccc[nH]1. The van der Waals surface area contributed by atoms with E-state index < -0.39 is 11.9 Å². The molecule has 1 heterocycles. The predicted octanol–water partition coefficient (Wildman–Crippen LogP) is 0.189. The van der Waals surface area contributed by atoms with Crippen molar-refractivity contribution in [2.24, 2.45) is 0 Å². The molecule has 15 heavy (non-hydrogen) atoms. The van der Waals surface area contributed by atoms with Gasteiger partial charge in [-0.2, -0.15) is 0 Å². The van der Waals surface area contributed by atoms with Crippen molar-refractivity contribution in [1.29, 1.82) is 0 Å². The van der Waals surface area contributed by atoms with Crippen LogP contribution in [0, 0.1) is 0 Å². The number of amides is 1. The van der Waals surface area contributed by atoms with Gasteiger partial charge in [-0.3, -0.25) is 4.79 Å². The first-order valence-electron chi connectivity index (χ1n) is 4.61. The van der Waals surface area contributed by atoms with Crippen LogP contribution < -0.4 is 0 Å². The average Bonchev–Trinajstić information content (AvgIpc) is 2.76. The minimum absolute atomic E-state index is 0.481. The number of carbonyl (C=O) groups is 2. The largest absolute Gasteiger partial charge is 0.462 e. The van der Waals surface area contributed by atoms with E-state index in [2.05, 4.69) is 9.72 Å². The number of hydrogen-bond donors (Lipinski definition) is 1. The van der Waals surface area contributed by atoms with Crippen molar-refractivity contribution in [3.05, 3.63) is 24.0 Å². The molecular formula is C10H14N2O3. The van der Waals surface area contributed by atoms with E-state index in [9.17, 15) is 9.59 Å². The van der Waals surface area contributed by atoms with Crippen LogP contribution in [0.2, 0.25) is 0 Å². The van der Waals surface area contributed by atoms with Crippen LogP contribution in [0.15, 0.2) is 18.3 Å². The van der Waals surface area contributed by atoms with Gasteiger partial charge in [0.1, 0.15) is 0 Å². The van der Waals surface area contributed by atoms with Gasteiger partial charge < -0.3 is 14.6 Å². The summed E-state index contributed by atoms with van der Waals surface area (Å²) in [5.74, 6) is -1.45. The molecule has 82 valence electrons. The van der Waals surface area contributed by atoms with E-state index in [1.165, 1.54) is 12.0 Å². The molecule has 0 saturated heterocycles. The van der Waals surface area contributed by atoms with E-state index in [1.807, 2.05) is 18.3 Å². The van der Waals surface area contributed by atoms with Crippen LogP contribution in [0.1, 0.15) is 5.69 Å². The van der Waals surface area contributed by atoms with Gasteiger partial charge in [-0.05, 0) is 12.1 Å². The summed E-state index contributed by atoms with van der Waals surface area (Å²) < 4.78 is 4.33. The maximum absolute atomic E-state index is 11.3. The molecule has 0 fully saturated rings. The van der Waals surface area contributed by atoms with Crippen LogP contribution in [0.5, 0.6) is 0 Å². The highest BCUT2D eigenvalue weighted by Crippen LogP contribution is 1.97. The summed E-state index contributed by atoms with van der Waals surface area (Å²) in [5, 5.41) is 0. The molecule has 0 aliphatic heterocycles. The minimum atomic E-state index is -0.830. The fraction of sp³-hybridized carbons (Fsp3) is 0.400. The summed E-state index contributed by atoms with van der Waals surface area (Å²) in [6.45, 7) is 0.481. The monoisotopic (exact) mass is 210 g/mol. The lowest BCUT2D eigenvalue weighted by atomic mass is 10.3. The van der Waals surface area contributed by atoms with Gasteiger partial charge in [-0.15, -0.1) is 0 Å². The van der Waals surface area contributed by atoms with Gasteiger partial charge in [0.25, 0.3) is 0 Å². The molecule has 1 aromatic rings. The lowest BCUT2D eigenvalue weighted by Gasteiger charge is -2.14. The number of nitrogens with zero attached hydrogens (tertiary/aromatic N) is 1. The van der Waals surface area contributed by atoms with Crippen LogP contribution in [-0.2, 0) is 20.7 Å². The van der Waals surface area contributed by atoms with E-state index in [1.54, 1.807) is 7.05 Å². The summed E-state index contributed by atoms with van der Waals surface area (Å²) in [5.41, 5.74) is 1.03. The minimum Gasteiger partial charge on any atom is -0.462 e. The Morgan fingerprint density at radius 2 is 2.27 bits per heavy atom. The molecule has 5 heteroatoms. The maximum Gasteiger partial charge on any atom is 0.396 e. The fourth-order valence-corrected chi connectivity index (χ4v) is 1.16. The number of ether oxygens (including phenoxy) is 1. The van der Waals surface area contributed by atoms with E-state index >= 15 is 0 Å². The van der Waals surface area contributed by atoms with Crippen LogP contribution in [-0.4, -0.2) is 42.5 Å². The molecule has 0 aromatic carbocycles. The highest BCUT2D eigenvalue weighted by molar-refractivity contribution is 6.32. The molecule has 5 nitrogen and oxygen atoms in total. The van der Waals surface area contributed by atoms with Gasteiger partial charge in [0.2, 0.25) is 0 Å². The molecule has 1 N–H and O–H groups in total. The van der Waals surface area contributed by atoms with Crippen molar-refractivity contribution >= 4 is 11.9 Å². The molecule has 1 aromatic heterocycles. The molecule has 0 aliphatic rings. The summed E-state index contributed by atoms with van der Waals surface area (Å²) in [7, 11) is 2.77. The van der Waals surface area contributed by atoms with Crippen LogP contribution in [0.4, 0.5) is 0 Å². The second-order valence-corrected chi connectivity index (χ2v) is 3.16. The summed E-state index contributed by atoms with van der Waals surface area (Å²) >= 11 is 0. The maximum atomic E-state index is 11.3. The lowest BCUT2D eigenvalue weighted by molar-refractivity contribution is -0.157. The zero-order valence-electron chi connectivity index (χ0n) is 8.82. The normalized spacial score (nSPS) is 9.73. The second-order valence-electron chi connectivity index (χ2n) is 3.16. The second kappa shape index (κ2) is 5.19. The van der Waals surface area contributed by atoms with Gasteiger partial charge in [0.05, 0.1) is 7.11 Å². The Bertz CT molecular complexity index is 332. The van der Waals surface area contributed by atoms with Gasteiger partial charge in [0.15, 0.2) is 0 Å². The van der Waals surface area contributed by atoms with Gasteiger partial charge in [-0.25, -0.2) is 4.79 Å². The Labute approximate surface area is 88.0 Å². The Balaban J connectivity index is 2.39. The standard InChI is InChI=1S/C10H14N2O3/c1-12(9(13)10(14)15-2)7-5-8-4-3-6-11-8/h3-4,6,11H,5,7H2,1-2H3. The third-order valence-electron chi connectivity index (χ3n) is 2.09. The molecule has 0 unspecified atom stereocenters. The van der Waals surface area contributed by atoms with Crippen molar-refractivity contribution in [3.8, 4) is 0 Å². The number of aromatic amines is 1. The van der Waals surface area contributed by atoms with Gasteiger partial charge in [-0.1, -0.05) is 0 Å². The Morgan fingerprint density at radius 3 is 2.80 bits per heavy atom. The first-order valence-corrected chi connectivity index (χ1v) is 4.61. The summed E-state index contributed by atoms with van der Waals surface area (Å²) in [6.07, 6.45) is 2.50. The molecule has 0 spiro atoms. The Kier molecular flexibility index (Phi) is 3.91. The fourth-order valence-electron chi connectivity index (χ4n) is 1.16. The molecular weight excluding hydrogens is 196 g/mol. The van der Waals surface area contributed by atoms with Crippen molar-refractivity contribution < 1.29 is 14.3 Å². The zero-order valence-corrected chi connectivity index (χ0v) is 8.82. The molecule has 0 aliphatic carbocycles. The quantitative estimate of drug-likeness (QED) is 0.572. The van der Waals surface area contributed by atoms with Crippen molar-refractivity contribution in [1.82, 2.24) is 9.88 Å². The first-order chi connectivity index (χ1) is 7.15. The number of rotatable bonds is 3. The number of aromatic nitrogens is 1. The van der Waals surface area contributed by atoms with E-state index in [-0.39, 0.29) is 0 Å². The molecule has 0 atom stereocenters.